The molecular formula is C8H11NOS. The molecule has 1 N–H and O–H groups in total. The molecule has 0 saturated heterocycles. The minimum atomic E-state index is 0.172. The van der Waals surface area contributed by atoms with Crippen molar-refractivity contribution < 1.29 is 4.79 Å². The summed E-state index contributed by atoms with van der Waals surface area (Å²) in [6.07, 6.45) is 0. The van der Waals surface area contributed by atoms with E-state index in [0.717, 1.165) is 10.4 Å². The second-order valence-electron chi connectivity index (χ2n) is 2.34. The van der Waals surface area contributed by atoms with Gasteiger partial charge >= 0.3 is 0 Å². The molecule has 0 spiro atoms. The Morgan fingerprint density at radius 1 is 1.73 bits per heavy atom. The average molecular weight is 169 g/mol. The summed E-state index contributed by atoms with van der Waals surface area (Å²) >= 11 is 1.61. The number of hydrogen-bond donors (Lipinski definition) is 1. The van der Waals surface area contributed by atoms with Crippen LogP contribution in [0.4, 0.5) is 0 Å². The van der Waals surface area contributed by atoms with Crippen molar-refractivity contribution in [2.75, 3.05) is 13.6 Å². The summed E-state index contributed by atoms with van der Waals surface area (Å²) < 4.78 is 0. The van der Waals surface area contributed by atoms with Gasteiger partial charge in [0.2, 0.25) is 0 Å². The maximum Gasteiger partial charge on any atom is 0.177 e. The van der Waals surface area contributed by atoms with Gasteiger partial charge in [0.15, 0.2) is 5.78 Å². The van der Waals surface area contributed by atoms with Crippen molar-refractivity contribution in [1.29, 1.82) is 0 Å². The number of aryl methyl sites for hydroxylation is 1. The molecule has 60 valence electrons. The first kappa shape index (κ1) is 8.43. The van der Waals surface area contributed by atoms with Gasteiger partial charge < -0.3 is 5.32 Å². The van der Waals surface area contributed by atoms with Crippen LogP contribution in [-0.2, 0) is 0 Å². The zero-order valence-corrected chi connectivity index (χ0v) is 7.49. The van der Waals surface area contributed by atoms with Crippen LogP contribution in [0.5, 0.6) is 0 Å². The standard InChI is InChI=1S/C8H11NOS/c1-6-7(3-4-11-6)8(10)5-9-2/h3-4,9H,5H2,1-2H3. The zero-order chi connectivity index (χ0) is 8.27. The van der Waals surface area contributed by atoms with E-state index in [1.165, 1.54) is 0 Å². The second kappa shape index (κ2) is 3.64. The number of nitrogens with one attached hydrogen (secondary N) is 1. The summed E-state index contributed by atoms with van der Waals surface area (Å²) in [5.74, 6) is 0.172. The van der Waals surface area contributed by atoms with E-state index >= 15 is 0 Å². The largest absolute Gasteiger partial charge is 0.313 e. The van der Waals surface area contributed by atoms with Gasteiger partial charge in [-0.3, -0.25) is 4.79 Å². The highest BCUT2D eigenvalue weighted by molar-refractivity contribution is 7.10. The monoisotopic (exact) mass is 169 g/mol. The predicted molar refractivity (Wildman–Crippen MR) is 47.3 cm³/mol. The molecule has 0 fully saturated rings. The molecule has 1 rings (SSSR count). The molecule has 2 nitrogen and oxygen atoms in total. The molecule has 1 aromatic rings. The molecule has 3 heteroatoms. The minimum absolute atomic E-state index is 0.172. The smallest absolute Gasteiger partial charge is 0.177 e. The quantitative estimate of drug-likeness (QED) is 0.694. The fraction of sp³-hybridized carbons (Fsp3) is 0.375. The molecule has 0 amide bonds. The van der Waals surface area contributed by atoms with Crippen molar-refractivity contribution >= 4 is 17.1 Å². The SMILES string of the molecule is CNCC(=O)c1ccsc1C. The van der Waals surface area contributed by atoms with Crippen molar-refractivity contribution in [1.82, 2.24) is 5.32 Å². The van der Waals surface area contributed by atoms with Crippen LogP contribution in [0.25, 0.3) is 0 Å². The van der Waals surface area contributed by atoms with Gasteiger partial charge in [0.25, 0.3) is 0 Å². The topological polar surface area (TPSA) is 29.1 Å². The van der Waals surface area contributed by atoms with Gasteiger partial charge in [-0.1, -0.05) is 0 Å². The molecule has 0 atom stereocenters. The average Bonchev–Trinajstić information content (AvgIpc) is 2.36. The molecule has 0 aliphatic carbocycles. The number of rotatable bonds is 3. The molecule has 0 aliphatic heterocycles. The Balaban J connectivity index is 2.76. The Morgan fingerprint density at radius 3 is 2.91 bits per heavy atom. The molecule has 1 aromatic heterocycles. The van der Waals surface area contributed by atoms with E-state index in [1.807, 2.05) is 18.4 Å². The number of Topliss-reactive ketones (excluding diaryl/α,β-unsaturated/α-hetero) is 1. The Bertz CT molecular complexity index is 254. The fourth-order valence-corrected chi connectivity index (χ4v) is 1.65. The summed E-state index contributed by atoms with van der Waals surface area (Å²) in [5.41, 5.74) is 0.851. The maximum atomic E-state index is 11.3. The first-order chi connectivity index (χ1) is 5.25. The van der Waals surface area contributed by atoms with Crippen LogP contribution >= 0.6 is 11.3 Å². The van der Waals surface area contributed by atoms with Crippen LogP contribution in [0.3, 0.4) is 0 Å². The second-order valence-corrected chi connectivity index (χ2v) is 3.46. The van der Waals surface area contributed by atoms with Crippen molar-refractivity contribution in [2.24, 2.45) is 0 Å². The van der Waals surface area contributed by atoms with Gasteiger partial charge in [0.1, 0.15) is 0 Å². The molecule has 0 saturated carbocycles. The number of ketones is 1. The number of carbonyl (C=O) groups excluding carboxylic acids is 1. The van der Waals surface area contributed by atoms with E-state index in [2.05, 4.69) is 5.32 Å². The van der Waals surface area contributed by atoms with E-state index in [4.69, 9.17) is 0 Å². The third-order valence-electron chi connectivity index (χ3n) is 1.50. The Morgan fingerprint density at radius 2 is 2.45 bits per heavy atom. The molecule has 11 heavy (non-hydrogen) atoms. The Labute approximate surface area is 70.2 Å². The summed E-state index contributed by atoms with van der Waals surface area (Å²) in [4.78, 5) is 12.4. The van der Waals surface area contributed by atoms with Gasteiger partial charge in [-0.2, -0.15) is 0 Å². The zero-order valence-electron chi connectivity index (χ0n) is 6.68. The van der Waals surface area contributed by atoms with Gasteiger partial charge in [-0.25, -0.2) is 0 Å². The number of likely N-dealkylation sites (N-methyl/N-ethyl adjacent to an activating group) is 1. The maximum absolute atomic E-state index is 11.3. The Kier molecular flexibility index (Phi) is 2.79. The first-order valence-electron chi connectivity index (χ1n) is 3.47. The highest BCUT2D eigenvalue weighted by Gasteiger charge is 2.07. The molecule has 0 aromatic carbocycles. The fourth-order valence-electron chi connectivity index (χ4n) is 0.930. The lowest BCUT2D eigenvalue weighted by molar-refractivity contribution is 0.0993. The van der Waals surface area contributed by atoms with Crippen molar-refractivity contribution in [3.63, 3.8) is 0 Å². The molecule has 1 heterocycles. The summed E-state index contributed by atoms with van der Waals surface area (Å²) in [5, 5.41) is 4.78. The van der Waals surface area contributed by atoms with Gasteiger partial charge in [0, 0.05) is 10.4 Å². The van der Waals surface area contributed by atoms with E-state index in [-0.39, 0.29) is 5.78 Å². The summed E-state index contributed by atoms with van der Waals surface area (Å²) in [7, 11) is 1.78. The van der Waals surface area contributed by atoms with Crippen LogP contribution in [0.15, 0.2) is 11.4 Å². The van der Waals surface area contributed by atoms with Gasteiger partial charge in [-0.15, -0.1) is 11.3 Å². The first-order valence-corrected chi connectivity index (χ1v) is 4.35. The van der Waals surface area contributed by atoms with E-state index in [9.17, 15) is 4.79 Å². The van der Waals surface area contributed by atoms with Crippen LogP contribution in [0, 0.1) is 6.92 Å². The molecule has 0 aliphatic rings. The minimum Gasteiger partial charge on any atom is -0.313 e. The van der Waals surface area contributed by atoms with Crippen LogP contribution < -0.4 is 5.32 Å². The van der Waals surface area contributed by atoms with Crippen molar-refractivity contribution in [3.8, 4) is 0 Å². The summed E-state index contributed by atoms with van der Waals surface area (Å²) in [6, 6.07) is 1.87. The predicted octanol–water partition coefficient (Wildman–Crippen LogP) is 1.46. The molecular weight excluding hydrogens is 158 g/mol. The normalized spacial score (nSPS) is 10.0. The van der Waals surface area contributed by atoms with Crippen molar-refractivity contribution in [3.05, 3.63) is 21.9 Å². The van der Waals surface area contributed by atoms with Gasteiger partial charge in [0.05, 0.1) is 6.54 Å². The van der Waals surface area contributed by atoms with E-state index in [1.54, 1.807) is 18.4 Å². The third kappa shape index (κ3) is 1.88. The van der Waals surface area contributed by atoms with Crippen LogP contribution in [0.1, 0.15) is 15.2 Å². The Hall–Kier alpha value is -0.670. The molecule has 0 unspecified atom stereocenters. The highest BCUT2D eigenvalue weighted by Crippen LogP contribution is 2.14. The van der Waals surface area contributed by atoms with E-state index in [0.29, 0.717) is 6.54 Å². The lowest BCUT2D eigenvalue weighted by atomic mass is 10.2. The number of hydrogen-bond acceptors (Lipinski definition) is 3. The van der Waals surface area contributed by atoms with Gasteiger partial charge in [-0.05, 0) is 25.4 Å². The number of thiophene rings is 1. The van der Waals surface area contributed by atoms with Crippen molar-refractivity contribution in [2.45, 2.75) is 6.92 Å². The van der Waals surface area contributed by atoms with Crippen LogP contribution in [0.2, 0.25) is 0 Å². The molecule has 0 radical (unpaired) electrons. The third-order valence-corrected chi connectivity index (χ3v) is 2.34. The lowest BCUT2D eigenvalue weighted by Crippen LogP contribution is -2.18. The highest BCUT2D eigenvalue weighted by atomic mass is 32.1. The summed E-state index contributed by atoms with van der Waals surface area (Å²) in [6.45, 7) is 2.39. The number of carbonyl (C=O) groups is 1. The molecule has 0 bridgehead atoms. The lowest BCUT2D eigenvalue weighted by Gasteiger charge is -1.96. The van der Waals surface area contributed by atoms with E-state index < -0.39 is 0 Å². The van der Waals surface area contributed by atoms with Crippen LogP contribution in [-0.4, -0.2) is 19.4 Å².